The average molecular weight is 153 g/mol. The highest BCUT2D eigenvalue weighted by Gasteiger charge is 1.57. The number of nitrogens with one attached hydrogen (secondary N) is 1. The fourth-order valence-corrected chi connectivity index (χ4v) is 0.385. The Labute approximate surface area is 70.5 Å². The normalized spacial score (nSPS) is 6.55. The Morgan fingerprint density at radius 3 is 0.818 bits per heavy atom. The Morgan fingerprint density at radius 1 is 0.636 bits per heavy atom. The molecule has 1 aromatic rings. The van der Waals surface area contributed by atoms with Crippen molar-refractivity contribution in [1.29, 1.82) is 0 Å². The zero-order valence-corrected chi connectivity index (χ0v) is 7.96. The van der Waals surface area contributed by atoms with Gasteiger partial charge in [-0.25, -0.2) is 0 Å². The van der Waals surface area contributed by atoms with Crippen LogP contribution in [0, 0.1) is 0 Å². The SMILES string of the molecule is CC.CNC.c1ccccc1. The molecule has 0 saturated carbocycles. The van der Waals surface area contributed by atoms with Crippen LogP contribution in [0.15, 0.2) is 36.4 Å². The van der Waals surface area contributed by atoms with E-state index in [0.717, 1.165) is 0 Å². The van der Waals surface area contributed by atoms with Crippen molar-refractivity contribution in [2.45, 2.75) is 13.8 Å². The third kappa shape index (κ3) is 17.6. The fraction of sp³-hybridized carbons (Fsp3) is 0.400. The lowest BCUT2D eigenvalue weighted by Gasteiger charge is -1.69. The predicted octanol–water partition coefficient (Wildman–Crippen LogP) is 2.55. The molecule has 0 aliphatic heterocycles. The summed E-state index contributed by atoms with van der Waals surface area (Å²) in [4.78, 5) is 0. The van der Waals surface area contributed by atoms with Crippen molar-refractivity contribution in [3.8, 4) is 0 Å². The molecule has 0 heterocycles. The molecule has 64 valence electrons. The van der Waals surface area contributed by atoms with Gasteiger partial charge in [0, 0.05) is 0 Å². The van der Waals surface area contributed by atoms with Gasteiger partial charge >= 0.3 is 0 Å². The Kier molecular flexibility index (Phi) is 18.7. The van der Waals surface area contributed by atoms with Crippen LogP contribution in [0.25, 0.3) is 0 Å². The Morgan fingerprint density at radius 2 is 0.727 bits per heavy atom. The van der Waals surface area contributed by atoms with Crippen molar-refractivity contribution in [3.63, 3.8) is 0 Å². The van der Waals surface area contributed by atoms with E-state index in [1.165, 1.54) is 0 Å². The standard InChI is InChI=1S/C6H6.C2H7N.C2H6/c1-2-4-6-5-3-1;1-3-2;1-2/h1-6H;3H,1-2H3;1-2H3. The second-order valence-electron chi connectivity index (χ2n) is 1.65. The first-order valence-electron chi connectivity index (χ1n) is 4.00. The molecule has 1 aromatic carbocycles. The summed E-state index contributed by atoms with van der Waals surface area (Å²) < 4.78 is 0. The van der Waals surface area contributed by atoms with E-state index < -0.39 is 0 Å². The van der Waals surface area contributed by atoms with Gasteiger partial charge in [-0.05, 0) is 14.1 Å². The van der Waals surface area contributed by atoms with Crippen LogP contribution in [0.4, 0.5) is 0 Å². The monoisotopic (exact) mass is 153 g/mol. The molecular weight excluding hydrogens is 134 g/mol. The predicted molar refractivity (Wildman–Crippen MR) is 52.8 cm³/mol. The molecule has 0 aliphatic carbocycles. The Balaban J connectivity index is 0. The highest BCUT2D eigenvalue weighted by Crippen LogP contribution is 1.79. The summed E-state index contributed by atoms with van der Waals surface area (Å²) in [6, 6.07) is 12.0. The number of rotatable bonds is 0. The fourth-order valence-electron chi connectivity index (χ4n) is 0.385. The quantitative estimate of drug-likeness (QED) is 0.604. The van der Waals surface area contributed by atoms with E-state index in [1.807, 2.05) is 64.3 Å². The molecule has 0 aromatic heterocycles. The molecule has 1 heteroatoms. The average Bonchev–Trinajstić information content (AvgIpc) is 2.12. The van der Waals surface area contributed by atoms with Gasteiger partial charge < -0.3 is 5.32 Å². The van der Waals surface area contributed by atoms with Gasteiger partial charge in [0.2, 0.25) is 0 Å². The molecule has 0 unspecified atom stereocenters. The van der Waals surface area contributed by atoms with E-state index in [2.05, 4.69) is 5.32 Å². The van der Waals surface area contributed by atoms with Crippen LogP contribution in [0.5, 0.6) is 0 Å². The molecule has 11 heavy (non-hydrogen) atoms. The second-order valence-corrected chi connectivity index (χ2v) is 1.65. The first-order chi connectivity index (χ1) is 5.41. The van der Waals surface area contributed by atoms with Crippen LogP contribution in [0.1, 0.15) is 13.8 Å². The van der Waals surface area contributed by atoms with Crippen LogP contribution < -0.4 is 5.32 Å². The van der Waals surface area contributed by atoms with Crippen LogP contribution in [-0.2, 0) is 0 Å². The number of hydrogen-bond acceptors (Lipinski definition) is 1. The maximum Gasteiger partial charge on any atom is -0.0167 e. The summed E-state index contributed by atoms with van der Waals surface area (Å²) in [6.45, 7) is 4.00. The van der Waals surface area contributed by atoms with Gasteiger partial charge in [-0.2, -0.15) is 0 Å². The largest absolute Gasteiger partial charge is 0.323 e. The zero-order chi connectivity index (χ0) is 8.95. The van der Waals surface area contributed by atoms with Gasteiger partial charge in [0.25, 0.3) is 0 Å². The zero-order valence-electron chi connectivity index (χ0n) is 7.96. The smallest absolute Gasteiger partial charge is 0.0167 e. The van der Waals surface area contributed by atoms with E-state index in [9.17, 15) is 0 Å². The van der Waals surface area contributed by atoms with Gasteiger partial charge in [-0.15, -0.1) is 0 Å². The molecule has 1 nitrogen and oxygen atoms in total. The molecule has 1 rings (SSSR count). The summed E-state index contributed by atoms with van der Waals surface area (Å²) in [7, 11) is 3.75. The van der Waals surface area contributed by atoms with Crippen LogP contribution in [0.3, 0.4) is 0 Å². The Bertz CT molecular complexity index is 87.7. The van der Waals surface area contributed by atoms with Gasteiger partial charge in [0.15, 0.2) is 0 Å². The summed E-state index contributed by atoms with van der Waals surface area (Å²) in [6.07, 6.45) is 0. The Hall–Kier alpha value is -0.820. The van der Waals surface area contributed by atoms with Crippen molar-refractivity contribution in [3.05, 3.63) is 36.4 Å². The van der Waals surface area contributed by atoms with Crippen LogP contribution >= 0.6 is 0 Å². The van der Waals surface area contributed by atoms with Crippen molar-refractivity contribution >= 4 is 0 Å². The molecule has 0 fully saturated rings. The molecular formula is C10H19N. The van der Waals surface area contributed by atoms with Crippen molar-refractivity contribution in [2.75, 3.05) is 14.1 Å². The topological polar surface area (TPSA) is 12.0 Å². The number of benzene rings is 1. The molecule has 0 amide bonds. The highest BCUT2D eigenvalue weighted by atomic mass is 14.7. The lowest BCUT2D eigenvalue weighted by Crippen LogP contribution is -1.89. The molecule has 0 radical (unpaired) electrons. The van der Waals surface area contributed by atoms with Crippen LogP contribution in [0.2, 0.25) is 0 Å². The maximum absolute atomic E-state index is 2.75. The van der Waals surface area contributed by atoms with Gasteiger partial charge in [-0.3, -0.25) is 0 Å². The molecule has 0 aliphatic rings. The van der Waals surface area contributed by atoms with Crippen molar-refractivity contribution < 1.29 is 0 Å². The van der Waals surface area contributed by atoms with E-state index in [-0.39, 0.29) is 0 Å². The van der Waals surface area contributed by atoms with Crippen molar-refractivity contribution in [1.82, 2.24) is 5.32 Å². The van der Waals surface area contributed by atoms with Gasteiger partial charge in [0.1, 0.15) is 0 Å². The summed E-state index contributed by atoms with van der Waals surface area (Å²) in [5.41, 5.74) is 0. The highest BCUT2D eigenvalue weighted by molar-refractivity contribution is 4.99. The maximum atomic E-state index is 2.75. The minimum atomic E-state index is 1.88. The van der Waals surface area contributed by atoms with E-state index in [0.29, 0.717) is 0 Å². The van der Waals surface area contributed by atoms with E-state index in [1.54, 1.807) is 0 Å². The third-order valence-electron chi connectivity index (χ3n) is 0.667. The van der Waals surface area contributed by atoms with Gasteiger partial charge in [-0.1, -0.05) is 50.2 Å². The molecule has 0 spiro atoms. The van der Waals surface area contributed by atoms with Crippen LogP contribution in [-0.4, -0.2) is 14.1 Å². The van der Waals surface area contributed by atoms with E-state index in [4.69, 9.17) is 0 Å². The lowest BCUT2D eigenvalue weighted by atomic mass is 10.4. The lowest BCUT2D eigenvalue weighted by molar-refractivity contribution is 1.02. The first kappa shape index (κ1) is 12.8. The summed E-state index contributed by atoms with van der Waals surface area (Å²) in [5.74, 6) is 0. The number of hydrogen-bond donors (Lipinski definition) is 1. The second kappa shape index (κ2) is 16.1. The third-order valence-corrected chi connectivity index (χ3v) is 0.667. The van der Waals surface area contributed by atoms with E-state index >= 15 is 0 Å². The molecule has 1 N–H and O–H groups in total. The molecule has 0 atom stereocenters. The van der Waals surface area contributed by atoms with Gasteiger partial charge in [0.05, 0.1) is 0 Å². The summed E-state index contributed by atoms with van der Waals surface area (Å²) in [5, 5.41) is 2.75. The molecule has 0 saturated heterocycles. The minimum Gasteiger partial charge on any atom is -0.323 e. The summed E-state index contributed by atoms with van der Waals surface area (Å²) >= 11 is 0. The molecule has 0 bridgehead atoms. The van der Waals surface area contributed by atoms with Crippen molar-refractivity contribution in [2.24, 2.45) is 0 Å². The first-order valence-corrected chi connectivity index (χ1v) is 4.00. The minimum absolute atomic E-state index is 1.88.